The number of nitrogens with zero attached hydrogens (tertiary/aromatic N) is 1. The van der Waals surface area contributed by atoms with Gasteiger partial charge in [-0.05, 0) is 30.5 Å². The van der Waals surface area contributed by atoms with Crippen LogP contribution in [0.2, 0.25) is 0 Å². The van der Waals surface area contributed by atoms with Crippen LogP contribution in [0, 0.1) is 0 Å². The van der Waals surface area contributed by atoms with Crippen LogP contribution >= 0.6 is 0 Å². The highest BCUT2D eigenvalue weighted by molar-refractivity contribution is 5.73. The predicted molar refractivity (Wildman–Crippen MR) is 86.5 cm³/mol. The Morgan fingerprint density at radius 1 is 1.14 bits per heavy atom. The van der Waals surface area contributed by atoms with E-state index in [9.17, 15) is 9.90 Å². The number of urea groups is 1. The molecule has 1 aromatic carbocycles. The Bertz CT molecular complexity index is 439. The van der Waals surface area contributed by atoms with Crippen LogP contribution in [0.25, 0.3) is 0 Å². The first kappa shape index (κ1) is 17.3. The molecule has 1 aromatic rings. The van der Waals surface area contributed by atoms with Gasteiger partial charge in [-0.25, -0.2) is 4.79 Å². The molecule has 0 saturated carbocycles. The Morgan fingerprint density at radius 2 is 1.71 bits per heavy atom. The molecule has 5 heteroatoms. The molecule has 0 saturated heterocycles. The molecule has 0 unspecified atom stereocenters. The van der Waals surface area contributed by atoms with E-state index in [-0.39, 0.29) is 12.6 Å². The highest BCUT2D eigenvalue weighted by atomic mass is 16.3. The lowest BCUT2D eigenvalue weighted by atomic mass is 9.98. The summed E-state index contributed by atoms with van der Waals surface area (Å²) in [4.78, 5) is 13.8. The van der Waals surface area contributed by atoms with Crippen LogP contribution in [-0.4, -0.2) is 37.4 Å². The number of amides is 2. The number of rotatable bonds is 7. The SMILES string of the molecule is CCC(O)(CC)CNC(=O)NCc1ccc(N(C)C)cc1. The molecule has 118 valence electrons. The Labute approximate surface area is 127 Å². The smallest absolute Gasteiger partial charge is 0.315 e. The van der Waals surface area contributed by atoms with E-state index < -0.39 is 5.60 Å². The summed E-state index contributed by atoms with van der Waals surface area (Å²) in [5.74, 6) is 0. The Hall–Kier alpha value is -1.75. The van der Waals surface area contributed by atoms with Crippen LogP contribution in [0.3, 0.4) is 0 Å². The van der Waals surface area contributed by atoms with Crippen LogP contribution in [0.15, 0.2) is 24.3 Å². The van der Waals surface area contributed by atoms with Gasteiger partial charge in [0, 0.05) is 32.9 Å². The summed E-state index contributed by atoms with van der Waals surface area (Å²) < 4.78 is 0. The lowest BCUT2D eigenvalue weighted by molar-refractivity contribution is 0.0349. The zero-order valence-electron chi connectivity index (χ0n) is 13.4. The average molecular weight is 293 g/mol. The molecular weight excluding hydrogens is 266 g/mol. The summed E-state index contributed by atoms with van der Waals surface area (Å²) in [6.45, 7) is 4.56. The summed E-state index contributed by atoms with van der Waals surface area (Å²) in [6, 6.07) is 7.75. The molecule has 0 fully saturated rings. The minimum atomic E-state index is -0.815. The van der Waals surface area contributed by atoms with E-state index >= 15 is 0 Å². The molecule has 1 rings (SSSR count). The first-order valence-corrected chi connectivity index (χ1v) is 7.40. The molecule has 3 N–H and O–H groups in total. The Kier molecular flexibility index (Phi) is 6.49. The van der Waals surface area contributed by atoms with E-state index in [1.807, 2.05) is 57.1 Å². The number of aliphatic hydroxyl groups is 1. The molecule has 0 bridgehead atoms. The number of carbonyl (C=O) groups excluding carboxylic acids is 1. The van der Waals surface area contributed by atoms with Crippen LogP contribution in [0.1, 0.15) is 32.3 Å². The van der Waals surface area contributed by atoms with Gasteiger partial charge in [-0.3, -0.25) is 0 Å². The highest BCUT2D eigenvalue weighted by Gasteiger charge is 2.22. The monoisotopic (exact) mass is 293 g/mol. The van der Waals surface area contributed by atoms with Crippen molar-refractivity contribution >= 4 is 11.7 Å². The molecule has 21 heavy (non-hydrogen) atoms. The first-order valence-electron chi connectivity index (χ1n) is 7.40. The van der Waals surface area contributed by atoms with Crippen molar-refractivity contribution in [2.75, 3.05) is 25.5 Å². The van der Waals surface area contributed by atoms with Crippen molar-refractivity contribution in [3.63, 3.8) is 0 Å². The second-order valence-corrected chi connectivity index (χ2v) is 5.53. The fourth-order valence-electron chi connectivity index (χ4n) is 1.90. The quantitative estimate of drug-likeness (QED) is 0.721. The van der Waals surface area contributed by atoms with Crippen molar-refractivity contribution in [2.24, 2.45) is 0 Å². The molecule has 0 aliphatic heterocycles. The van der Waals surface area contributed by atoms with Gasteiger partial charge in [-0.1, -0.05) is 26.0 Å². The number of carbonyl (C=O) groups is 1. The van der Waals surface area contributed by atoms with Gasteiger partial charge in [-0.15, -0.1) is 0 Å². The van der Waals surface area contributed by atoms with E-state index in [0.29, 0.717) is 19.4 Å². The Balaban J connectivity index is 2.39. The van der Waals surface area contributed by atoms with Gasteiger partial charge in [0.1, 0.15) is 0 Å². The topological polar surface area (TPSA) is 64.6 Å². The van der Waals surface area contributed by atoms with Crippen molar-refractivity contribution in [3.05, 3.63) is 29.8 Å². The molecule has 0 heterocycles. The van der Waals surface area contributed by atoms with Gasteiger partial charge in [-0.2, -0.15) is 0 Å². The summed E-state index contributed by atoms with van der Waals surface area (Å²) in [7, 11) is 3.98. The minimum Gasteiger partial charge on any atom is -0.388 e. The lowest BCUT2D eigenvalue weighted by Gasteiger charge is -2.25. The standard InChI is InChI=1S/C16H27N3O2/c1-5-16(21,6-2)12-18-15(20)17-11-13-7-9-14(10-8-13)19(3)4/h7-10,21H,5-6,11-12H2,1-4H3,(H2,17,18,20). The van der Waals surface area contributed by atoms with Crippen LogP contribution in [-0.2, 0) is 6.54 Å². The fourth-order valence-corrected chi connectivity index (χ4v) is 1.90. The van der Waals surface area contributed by atoms with E-state index in [1.54, 1.807) is 0 Å². The minimum absolute atomic E-state index is 0.257. The molecular formula is C16H27N3O2. The maximum absolute atomic E-state index is 11.7. The molecule has 0 aliphatic carbocycles. The number of hydrogen-bond donors (Lipinski definition) is 3. The van der Waals surface area contributed by atoms with E-state index in [0.717, 1.165) is 11.3 Å². The predicted octanol–water partition coefficient (Wildman–Crippen LogP) is 2.10. The third-order valence-corrected chi connectivity index (χ3v) is 3.80. The average Bonchev–Trinajstić information content (AvgIpc) is 2.51. The van der Waals surface area contributed by atoms with Gasteiger partial charge in [0.25, 0.3) is 0 Å². The second-order valence-electron chi connectivity index (χ2n) is 5.53. The van der Waals surface area contributed by atoms with Gasteiger partial charge in [0.15, 0.2) is 0 Å². The maximum atomic E-state index is 11.7. The normalized spacial score (nSPS) is 11.1. The number of anilines is 1. The van der Waals surface area contributed by atoms with E-state index in [1.165, 1.54) is 0 Å². The van der Waals surface area contributed by atoms with Crippen molar-refractivity contribution in [1.29, 1.82) is 0 Å². The van der Waals surface area contributed by atoms with E-state index in [2.05, 4.69) is 10.6 Å². The largest absolute Gasteiger partial charge is 0.388 e. The molecule has 0 atom stereocenters. The summed E-state index contributed by atoms with van der Waals surface area (Å²) in [6.07, 6.45) is 1.24. The fraction of sp³-hybridized carbons (Fsp3) is 0.562. The molecule has 2 amide bonds. The summed E-state index contributed by atoms with van der Waals surface area (Å²) >= 11 is 0. The third-order valence-electron chi connectivity index (χ3n) is 3.80. The molecule has 0 radical (unpaired) electrons. The molecule has 0 aliphatic rings. The number of nitrogens with one attached hydrogen (secondary N) is 2. The summed E-state index contributed by atoms with van der Waals surface area (Å²) in [5, 5.41) is 15.6. The third kappa shape index (κ3) is 5.63. The van der Waals surface area contributed by atoms with Crippen LogP contribution < -0.4 is 15.5 Å². The first-order chi connectivity index (χ1) is 9.90. The van der Waals surface area contributed by atoms with Crippen LogP contribution in [0.4, 0.5) is 10.5 Å². The van der Waals surface area contributed by atoms with Crippen molar-refractivity contribution in [3.8, 4) is 0 Å². The maximum Gasteiger partial charge on any atom is 0.315 e. The summed E-state index contributed by atoms with van der Waals surface area (Å²) in [5.41, 5.74) is 1.35. The van der Waals surface area contributed by atoms with Crippen molar-refractivity contribution in [2.45, 2.75) is 38.8 Å². The molecule has 5 nitrogen and oxygen atoms in total. The number of hydrogen-bond acceptors (Lipinski definition) is 3. The second kappa shape index (κ2) is 7.88. The Morgan fingerprint density at radius 3 is 2.19 bits per heavy atom. The molecule has 0 spiro atoms. The van der Waals surface area contributed by atoms with Gasteiger partial charge in [0.2, 0.25) is 0 Å². The lowest BCUT2D eigenvalue weighted by Crippen LogP contribution is -2.45. The van der Waals surface area contributed by atoms with Gasteiger partial charge >= 0.3 is 6.03 Å². The van der Waals surface area contributed by atoms with Crippen molar-refractivity contribution in [1.82, 2.24) is 10.6 Å². The van der Waals surface area contributed by atoms with Gasteiger partial charge < -0.3 is 20.6 Å². The number of benzene rings is 1. The van der Waals surface area contributed by atoms with Crippen molar-refractivity contribution < 1.29 is 9.90 Å². The van der Waals surface area contributed by atoms with Gasteiger partial charge in [0.05, 0.1) is 5.60 Å². The highest BCUT2D eigenvalue weighted by Crippen LogP contribution is 2.13. The zero-order valence-corrected chi connectivity index (χ0v) is 13.4. The zero-order chi connectivity index (χ0) is 15.9. The molecule has 0 aromatic heterocycles. The van der Waals surface area contributed by atoms with E-state index in [4.69, 9.17) is 0 Å². The van der Waals surface area contributed by atoms with Crippen LogP contribution in [0.5, 0.6) is 0 Å².